The van der Waals surface area contributed by atoms with Crippen LogP contribution in [0.3, 0.4) is 0 Å². The number of carbonyl (C=O) groups is 1. The molecule has 0 atom stereocenters. The highest BCUT2D eigenvalue weighted by molar-refractivity contribution is 5.92. The molecule has 0 rings (SSSR count). The van der Waals surface area contributed by atoms with Crippen molar-refractivity contribution in [1.29, 1.82) is 0 Å². The van der Waals surface area contributed by atoms with Gasteiger partial charge in [0.15, 0.2) is 0 Å². The van der Waals surface area contributed by atoms with Gasteiger partial charge in [0, 0.05) is 5.57 Å². The first-order valence-corrected chi connectivity index (χ1v) is 13.6. The van der Waals surface area contributed by atoms with E-state index in [1.54, 1.807) is 0 Å². The van der Waals surface area contributed by atoms with Crippen LogP contribution in [-0.4, -0.2) is 5.91 Å². The lowest BCUT2D eigenvalue weighted by molar-refractivity contribution is -0.114. The van der Waals surface area contributed by atoms with Crippen molar-refractivity contribution in [2.24, 2.45) is 5.73 Å². The highest BCUT2D eigenvalue weighted by Gasteiger charge is 2.08. The molecular weight excluding hydrogens is 366 g/mol. The van der Waals surface area contributed by atoms with Gasteiger partial charge >= 0.3 is 0 Å². The molecule has 0 fully saturated rings. The summed E-state index contributed by atoms with van der Waals surface area (Å²) in [4.78, 5) is 11.7. The molecule has 0 bridgehead atoms. The molecule has 1 amide bonds. The van der Waals surface area contributed by atoms with Crippen LogP contribution < -0.4 is 5.73 Å². The Morgan fingerprint density at radius 3 is 1.03 bits per heavy atom. The van der Waals surface area contributed by atoms with Crippen molar-refractivity contribution in [3.63, 3.8) is 0 Å². The quantitative estimate of drug-likeness (QED) is 0.129. The zero-order valence-electron chi connectivity index (χ0n) is 21.0. The van der Waals surface area contributed by atoms with E-state index in [1.165, 1.54) is 134 Å². The topological polar surface area (TPSA) is 43.1 Å². The summed E-state index contributed by atoms with van der Waals surface area (Å²) < 4.78 is 0. The van der Waals surface area contributed by atoms with Gasteiger partial charge in [-0.15, -0.1) is 0 Å². The molecule has 0 aliphatic carbocycles. The first-order valence-electron chi connectivity index (χ1n) is 13.6. The largest absolute Gasteiger partial charge is 0.366 e. The Labute approximate surface area is 189 Å². The van der Waals surface area contributed by atoms with Crippen molar-refractivity contribution >= 4 is 5.91 Å². The summed E-state index contributed by atoms with van der Waals surface area (Å²) in [7, 11) is 0. The van der Waals surface area contributed by atoms with E-state index in [1.807, 2.05) is 6.92 Å². The van der Waals surface area contributed by atoms with Crippen molar-refractivity contribution in [3.05, 3.63) is 11.1 Å². The SMILES string of the molecule is CCCCCCCCCCCCC(CCCCCCCCCCCC)=C(C)C(N)=O. The smallest absolute Gasteiger partial charge is 0.244 e. The monoisotopic (exact) mass is 421 g/mol. The molecule has 2 heteroatoms. The number of nitrogens with two attached hydrogens (primary N) is 1. The summed E-state index contributed by atoms with van der Waals surface area (Å²) >= 11 is 0. The molecule has 0 saturated heterocycles. The molecular formula is C28H55NO. The Morgan fingerprint density at radius 2 is 0.767 bits per heavy atom. The van der Waals surface area contributed by atoms with Crippen molar-refractivity contribution in [2.45, 2.75) is 162 Å². The van der Waals surface area contributed by atoms with Gasteiger partial charge in [-0.2, -0.15) is 0 Å². The summed E-state index contributed by atoms with van der Waals surface area (Å²) in [5.41, 5.74) is 7.75. The fourth-order valence-corrected chi connectivity index (χ4v) is 4.33. The minimum atomic E-state index is -0.218. The van der Waals surface area contributed by atoms with E-state index in [0.717, 1.165) is 18.4 Å². The first kappa shape index (κ1) is 29.2. The van der Waals surface area contributed by atoms with Gasteiger partial charge in [0.05, 0.1) is 0 Å². The second-order valence-corrected chi connectivity index (χ2v) is 9.46. The molecule has 30 heavy (non-hydrogen) atoms. The van der Waals surface area contributed by atoms with Crippen molar-refractivity contribution in [3.8, 4) is 0 Å². The Kier molecular flexibility index (Phi) is 22.3. The normalized spacial score (nSPS) is 11.0. The molecule has 2 N–H and O–H groups in total. The van der Waals surface area contributed by atoms with E-state index in [2.05, 4.69) is 13.8 Å². The highest BCUT2D eigenvalue weighted by Crippen LogP contribution is 2.22. The molecule has 0 aromatic heterocycles. The first-order chi connectivity index (χ1) is 14.6. The van der Waals surface area contributed by atoms with E-state index >= 15 is 0 Å². The van der Waals surface area contributed by atoms with Gasteiger partial charge in [0.1, 0.15) is 0 Å². The van der Waals surface area contributed by atoms with Gasteiger partial charge in [-0.1, -0.05) is 135 Å². The van der Waals surface area contributed by atoms with E-state index in [0.29, 0.717) is 0 Å². The van der Waals surface area contributed by atoms with Crippen LogP contribution in [0, 0.1) is 0 Å². The third-order valence-corrected chi connectivity index (χ3v) is 6.56. The second kappa shape index (κ2) is 22.9. The van der Waals surface area contributed by atoms with Crippen LogP contribution in [0.1, 0.15) is 162 Å². The summed E-state index contributed by atoms with van der Waals surface area (Å²) in [6.45, 7) is 6.49. The van der Waals surface area contributed by atoms with E-state index < -0.39 is 0 Å². The van der Waals surface area contributed by atoms with Crippen molar-refractivity contribution in [2.75, 3.05) is 0 Å². The molecule has 0 aliphatic heterocycles. The maximum Gasteiger partial charge on any atom is 0.244 e. The summed E-state index contributed by atoms with van der Waals surface area (Å²) in [5, 5.41) is 0. The van der Waals surface area contributed by atoms with Gasteiger partial charge in [-0.3, -0.25) is 4.79 Å². The number of primary amides is 1. The lowest BCUT2D eigenvalue weighted by Crippen LogP contribution is -2.14. The number of carbonyl (C=O) groups excluding carboxylic acids is 1. The van der Waals surface area contributed by atoms with Gasteiger partial charge in [0.25, 0.3) is 0 Å². The molecule has 0 radical (unpaired) electrons. The number of rotatable bonds is 23. The number of hydrogen-bond acceptors (Lipinski definition) is 1. The second-order valence-electron chi connectivity index (χ2n) is 9.46. The van der Waals surface area contributed by atoms with Crippen LogP contribution in [0.4, 0.5) is 0 Å². The van der Waals surface area contributed by atoms with Gasteiger partial charge in [-0.25, -0.2) is 0 Å². The number of amides is 1. The van der Waals surface area contributed by atoms with Crippen LogP contribution in [0.15, 0.2) is 11.1 Å². The zero-order chi connectivity index (χ0) is 22.3. The van der Waals surface area contributed by atoms with E-state index in [4.69, 9.17) is 5.73 Å². The van der Waals surface area contributed by atoms with Gasteiger partial charge in [-0.05, 0) is 32.6 Å². The van der Waals surface area contributed by atoms with E-state index in [-0.39, 0.29) is 5.91 Å². The van der Waals surface area contributed by atoms with E-state index in [9.17, 15) is 4.79 Å². The van der Waals surface area contributed by atoms with Crippen LogP contribution >= 0.6 is 0 Å². The van der Waals surface area contributed by atoms with Crippen LogP contribution in [-0.2, 0) is 4.79 Å². The van der Waals surface area contributed by atoms with Crippen LogP contribution in [0.2, 0.25) is 0 Å². The standard InChI is InChI=1S/C28H55NO/c1-4-6-8-10-12-14-16-18-20-22-24-27(26(3)28(29)30)25-23-21-19-17-15-13-11-9-7-5-2/h4-25H2,1-3H3,(H2,29,30). The lowest BCUT2D eigenvalue weighted by Gasteiger charge is -2.11. The molecule has 0 saturated carbocycles. The molecule has 0 aromatic carbocycles. The summed E-state index contributed by atoms with van der Waals surface area (Å²) in [6, 6.07) is 0. The average Bonchev–Trinajstić information content (AvgIpc) is 2.74. The molecule has 178 valence electrons. The van der Waals surface area contributed by atoms with Gasteiger partial charge < -0.3 is 5.73 Å². The molecule has 0 aliphatic rings. The maximum atomic E-state index is 11.7. The maximum absolute atomic E-state index is 11.7. The minimum Gasteiger partial charge on any atom is -0.366 e. The fraction of sp³-hybridized carbons (Fsp3) is 0.893. The van der Waals surface area contributed by atoms with Crippen LogP contribution in [0.5, 0.6) is 0 Å². The molecule has 0 spiro atoms. The number of hydrogen-bond donors (Lipinski definition) is 1. The lowest BCUT2D eigenvalue weighted by atomic mass is 9.95. The zero-order valence-corrected chi connectivity index (χ0v) is 21.0. The molecule has 2 nitrogen and oxygen atoms in total. The van der Waals surface area contributed by atoms with Crippen molar-refractivity contribution < 1.29 is 4.79 Å². The van der Waals surface area contributed by atoms with Gasteiger partial charge in [0.2, 0.25) is 5.91 Å². The Balaban J connectivity index is 3.81. The molecule has 0 aromatic rings. The minimum absolute atomic E-state index is 0.218. The Morgan fingerprint density at radius 1 is 0.500 bits per heavy atom. The third kappa shape index (κ3) is 19.2. The summed E-state index contributed by atoms with van der Waals surface area (Å²) in [6.07, 6.45) is 29.3. The van der Waals surface area contributed by atoms with Crippen molar-refractivity contribution in [1.82, 2.24) is 0 Å². The molecule has 0 heterocycles. The Hall–Kier alpha value is -0.790. The number of unbranched alkanes of at least 4 members (excludes halogenated alkanes) is 18. The average molecular weight is 422 g/mol. The van der Waals surface area contributed by atoms with Crippen LogP contribution in [0.25, 0.3) is 0 Å². The predicted octanol–water partition coefficient (Wildman–Crippen LogP) is 9.41. The summed E-state index contributed by atoms with van der Waals surface area (Å²) in [5.74, 6) is -0.218. The number of allylic oxidation sites excluding steroid dienone is 1. The third-order valence-electron chi connectivity index (χ3n) is 6.56. The fourth-order valence-electron chi connectivity index (χ4n) is 4.33. The predicted molar refractivity (Wildman–Crippen MR) is 135 cm³/mol. The molecule has 0 unspecified atom stereocenters. The highest BCUT2D eigenvalue weighted by atomic mass is 16.1. The Bertz CT molecular complexity index is 387.